The fourth-order valence-electron chi connectivity index (χ4n) is 2.58. The highest BCUT2D eigenvalue weighted by Crippen LogP contribution is 2.32. The molecule has 0 fully saturated rings. The van der Waals surface area contributed by atoms with Gasteiger partial charge >= 0.3 is 0 Å². The van der Waals surface area contributed by atoms with Gasteiger partial charge in [-0.2, -0.15) is 0 Å². The van der Waals surface area contributed by atoms with Crippen molar-refractivity contribution in [3.05, 3.63) is 53.2 Å². The van der Waals surface area contributed by atoms with Gasteiger partial charge in [-0.1, -0.05) is 29.5 Å². The van der Waals surface area contributed by atoms with E-state index in [-0.39, 0.29) is 18.4 Å². The van der Waals surface area contributed by atoms with Gasteiger partial charge in [0.05, 0.1) is 12.1 Å². The van der Waals surface area contributed by atoms with Crippen LogP contribution < -0.4 is 5.32 Å². The van der Waals surface area contributed by atoms with Gasteiger partial charge in [0.15, 0.2) is 0 Å². The van der Waals surface area contributed by atoms with Crippen molar-refractivity contribution >= 4 is 23.6 Å². The molecule has 26 heavy (non-hydrogen) atoms. The molecule has 0 unspecified atom stereocenters. The lowest BCUT2D eigenvalue weighted by Crippen LogP contribution is -2.40. The van der Waals surface area contributed by atoms with Gasteiger partial charge in [0.1, 0.15) is 5.03 Å². The molecule has 1 heterocycles. The topological polar surface area (TPSA) is 62.3 Å². The monoisotopic (exact) mass is 371 g/mol. The summed E-state index contributed by atoms with van der Waals surface area (Å²) in [4.78, 5) is 31.8. The second-order valence-electron chi connectivity index (χ2n) is 6.00. The average molecular weight is 372 g/mol. The molecule has 0 spiro atoms. The molecule has 2 aromatic rings. The number of pyridine rings is 1. The van der Waals surface area contributed by atoms with Crippen LogP contribution in [0.2, 0.25) is 0 Å². The zero-order chi connectivity index (χ0) is 19.1. The summed E-state index contributed by atoms with van der Waals surface area (Å²) in [6, 6.07) is 9.72. The average Bonchev–Trinajstić information content (AvgIpc) is 2.62. The van der Waals surface area contributed by atoms with E-state index in [1.54, 1.807) is 18.3 Å². The van der Waals surface area contributed by atoms with E-state index in [9.17, 15) is 9.59 Å². The Morgan fingerprint density at radius 3 is 2.62 bits per heavy atom. The molecule has 6 heteroatoms. The van der Waals surface area contributed by atoms with Crippen molar-refractivity contribution in [3.8, 4) is 0 Å². The van der Waals surface area contributed by atoms with Gasteiger partial charge in [-0.15, -0.1) is 0 Å². The molecule has 0 aliphatic heterocycles. The van der Waals surface area contributed by atoms with Crippen LogP contribution in [-0.4, -0.2) is 41.3 Å². The summed E-state index contributed by atoms with van der Waals surface area (Å²) < 4.78 is 0. The zero-order valence-corrected chi connectivity index (χ0v) is 16.5. The van der Waals surface area contributed by atoms with Gasteiger partial charge in [0.2, 0.25) is 5.91 Å². The van der Waals surface area contributed by atoms with Crippen molar-refractivity contribution in [1.82, 2.24) is 15.2 Å². The van der Waals surface area contributed by atoms with Gasteiger partial charge < -0.3 is 10.2 Å². The minimum atomic E-state index is -0.181. The van der Waals surface area contributed by atoms with Crippen molar-refractivity contribution in [2.75, 3.05) is 19.6 Å². The van der Waals surface area contributed by atoms with Crippen LogP contribution in [0.3, 0.4) is 0 Å². The fraction of sp³-hybridized carbons (Fsp3) is 0.350. The van der Waals surface area contributed by atoms with Crippen molar-refractivity contribution in [3.63, 3.8) is 0 Å². The maximum atomic E-state index is 13.0. The Morgan fingerprint density at radius 1 is 1.19 bits per heavy atom. The summed E-state index contributed by atoms with van der Waals surface area (Å²) in [7, 11) is 0. The number of amides is 2. The predicted molar refractivity (Wildman–Crippen MR) is 105 cm³/mol. The number of hydrogen-bond donors (Lipinski definition) is 1. The molecule has 1 N–H and O–H groups in total. The summed E-state index contributed by atoms with van der Waals surface area (Å²) in [5.41, 5.74) is 2.86. The SMILES string of the molecule is CCNC(=O)CN(CC)C(=O)c1cccnc1Sc1ccc(C)cc1C. The van der Waals surface area contributed by atoms with Crippen molar-refractivity contribution < 1.29 is 9.59 Å². The summed E-state index contributed by atoms with van der Waals surface area (Å²) in [6.45, 7) is 8.88. The van der Waals surface area contributed by atoms with Crippen LogP contribution in [0.1, 0.15) is 35.3 Å². The van der Waals surface area contributed by atoms with Crippen LogP contribution in [0.25, 0.3) is 0 Å². The first-order chi connectivity index (χ1) is 12.5. The Bertz CT molecular complexity index is 792. The standard InChI is InChI=1S/C20H25N3O2S/c1-5-21-18(24)13-23(6-2)20(25)16-8-7-11-22-19(16)26-17-10-9-14(3)12-15(17)4/h7-12H,5-6,13H2,1-4H3,(H,21,24). The number of nitrogens with zero attached hydrogens (tertiary/aromatic N) is 2. The second-order valence-corrected chi connectivity index (χ2v) is 7.03. The molecule has 0 atom stereocenters. The summed E-state index contributed by atoms with van der Waals surface area (Å²) in [6.07, 6.45) is 1.68. The molecule has 0 aliphatic rings. The van der Waals surface area contributed by atoms with Gasteiger partial charge in [0, 0.05) is 24.2 Å². The van der Waals surface area contributed by atoms with Crippen LogP contribution >= 0.6 is 11.8 Å². The molecular weight excluding hydrogens is 346 g/mol. The van der Waals surface area contributed by atoms with E-state index in [0.717, 1.165) is 10.5 Å². The third kappa shape index (κ3) is 5.08. The summed E-state index contributed by atoms with van der Waals surface area (Å²) in [5, 5.41) is 3.38. The van der Waals surface area contributed by atoms with Crippen molar-refractivity contribution in [1.29, 1.82) is 0 Å². The summed E-state index contributed by atoms with van der Waals surface area (Å²) >= 11 is 1.48. The Morgan fingerprint density at radius 2 is 1.96 bits per heavy atom. The Balaban J connectivity index is 2.26. The lowest BCUT2D eigenvalue weighted by molar-refractivity contribution is -0.121. The fourth-order valence-corrected chi connectivity index (χ4v) is 3.52. The van der Waals surface area contributed by atoms with E-state index < -0.39 is 0 Å². The van der Waals surface area contributed by atoms with E-state index in [1.165, 1.54) is 22.2 Å². The van der Waals surface area contributed by atoms with Crippen LogP contribution in [0, 0.1) is 13.8 Å². The molecule has 1 aromatic carbocycles. The van der Waals surface area contributed by atoms with E-state index >= 15 is 0 Å². The van der Waals surface area contributed by atoms with Crippen LogP contribution in [0.15, 0.2) is 46.5 Å². The van der Waals surface area contributed by atoms with Crippen LogP contribution in [0.4, 0.5) is 0 Å². The molecule has 138 valence electrons. The van der Waals surface area contributed by atoms with Gasteiger partial charge in [-0.25, -0.2) is 4.98 Å². The Kier molecular flexibility index (Phi) is 7.21. The highest BCUT2D eigenvalue weighted by atomic mass is 32.2. The van der Waals surface area contributed by atoms with Crippen molar-refractivity contribution in [2.24, 2.45) is 0 Å². The van der Waals surface area contributed by atoms with Gasteiger partial charge in [-0.3, -0.25) is 9.59 Å². The molecular formula is C20H25N3O2S. The Labute approximate surface area is 159 Å². The van der Waals surface area contributed by atoms with Crippen molar-refractivity contribution in [2.45, 2.75) is 37.6 Å². The van der Waals surface area contributed by atoms with E-state index in [2.05, 4.69) is 23.3 Å². The highest BCUT2D eigenvalue weighted by Gasteiger charge is 2.21. The zero-order valence-electron chi connectivity index (χ0n) is 15.7. The number of aromatic nitrogens is 1. The molecule has 0 bridgehead atoms. The largest absolute Gasteiger partial charge is 0.355 e. The summed E-state index contributed by atoms with van der Waals surface area (Å²) in [5.74, 6) is -0.339. The number of rotatable bonds is 7. The van der Waals surface area contributed by atoms with Crippen LogP contribution in [-0.2, 0) is 4.79 Å². The molecule has 0 aliphatic carbocycles. The minimum absolute atomic E-state index is 0.0474. The van der Waals surface area contributed by atoms with E-state index in [4.69, 9.17) is 0 Å². The van der Waals surface area contributed by atoms with E-state index in [1.807, 2.05) is 32.9 Å². The minimum Gasteiger partial charge on any atom is -0.355 e. The predicted octanol–water partition coefficient (Wildman–Crippen LogP) is 3.45. The normalized spacial score (nSPS) is 10.5. The third-order valence-electron chi connectivity index (χ3n) is 3.92. The first-order valence-electron chi connectivity index (χ1n) is 8.72. The molecule has 5 nitrogen and oxygen atoms in total. The van der Waals surface area contributed by atoms with Gasteiger partial charge in [-0.05, 0) is 51.5 Å². The lowest BCUT2D eigenvalue weighted by Gasteiger charge is -2.21. The molecule has 0 saturated carbocycles. The van der Waals surface area contributed by atoms with E-state index in [0.29, 0.717) is 23.7 Å². The number of nitrogens with one attached hydrogen (secondary N) is 1. The van der Waals surface area contributed by atoms with Crippen LogP contribution in [0.5, 0.6) is 0 Å². The number of benzene rings is 1. The second kappa shape index (κ2) is 9.38. The smallest absolute Gasteiger partial charge is 0.257 e. The first-order valence-corrected chi connectivity index (χ1v) is 9.54. The number of carbonyl (C=O) groups excluding carboxylic acids is 2. The number of likely N-dealkylation sites (N-methyl/N-ethyl adjacent to an activating group) is 2. The highest BCUT2D eigenvalue weighted by molar-refractivity contribution is 7.99. The maximum absolute atomic E-state index is 13.0. The quantitative estimate of drug-likeness (QED) is 0.810. The number of carbonyl (C=O) groups is 2. The molecule has 1 aromatic heterocycles. The molecule has 2 rings (SSSR count). The Hall–Kier alpha value is -2.34. The molecule has 0 radical (unpaired) electrons. The lowest BCUT2D eigenvalue weighted by atomic mass is 10.2. The number of aryl methyl sites for hydroxylation is 2. The molecule has 2 amide bonds. The third-order valence-corrected chi connectivity index (χ3v) is 5.11. The first kappa shape index (κ1) is 20.0. The number of hydrogen-bond acceptors (Lipinski definition) is 4. The van der Waals surface area contributed by atoms with Gasteiger partial charge in [0.25, 0.3) is 5.91 Å². The molecule has 0 saturated heterocycles. The maximum Gasteiger partial charge on any atom is 0.257 e.